The summed E-state index contributed by atoms with van der Waals surface area (Å²) < 4.78 is 0. The topological polar surface area (TPSA) is 50.0 Å². The van der Waals surface area contributed by atoms with Crippen LogP contribution >= 0.6 is 0 Å². The van der Waals surface area contributed by atoms with Crippen LogP contribution in [-0.2, 0) is 0 Å². The van der Waals surface area contributed by atoms with Gasteiger partial charge in [0.2, 0.25) is 0 Å². The van der Waals surface area contributed by atoms with E-state index in [4.69, 9.17) is 5.21 Å². The molecule has 1 fully saturated rings. The Hall–Kier alpha value is -2.10. The molecule has 4 heteroatoms. The van der Waals surface area contributed by atoms with Crippen molar-refractivity contribution in [3.8, 4) is 0 Å². The van der Waals surface area contributed by atoms with E-state index in [-0.39, 0.29) is 0 Å². The first kappa shape index (κ1) is 12.0. The van der Waals surface area contributed by atoms with Gasteiger partial charge in [-0.05, 0) is 31.4 Å². The van der Waals surface area contributed by atoms with Crippen LogP contribution in [0.15, 0.2) is 35.5 Å². The summed E-state index contributed by atoms with van der Waals surface area (Å²) in [6.07, 6.45) is 5.24. The summed E-state index contributed by atoms with van der Waals surface area (Å²) in [5.41, 5.74) is 2.04. The second-order valence-electron chi connectivity index (χ2n) is 4.95. The number of H-pyrrole nitrogens is 1. The summed E-state index contributed by atoms with van der Waals surface area (Å²) in [7, 11) is 0. The number of fused-ring (bicyclic) bond motifs is 1. The highest BCUT2D eigenvalue weighted by Crippen LogP contribution is 2.21. The van der Waals surface area contributed by atoms with Crippen LogP contribution in [0.2, 0.25) is 0 Å². The molecule has 4 nitrogen and oxygen atoms in total. The maximum absolute atomic E-state index is 8.85. The van der Waals surface area contributed by atoms with E-state index in [1.165, 1.54) is 25.5 Å². The van der Waals surface area contributed by atoms with Crippen molar-refractivity contribution in [1.29, 1.82) is 0 Å². The SMILES string of the molecule is ON=Cc1cc2ccccc2[nH+]c1N1CCCCC1. The molecule has 98 valence electrons. The second-order valence-corrected chi connectivity index (χ2v) is 4.95. The minimum Gasteiger partial charge on any atom is -0.411 e. The zero-order valence-corrected chi connectivity index (χ0v) is 10.8. The van der Waals surface area contributed by atoms with Gasteiger partial charge in [-0.15, -0.1) is 0 Å². The third-order valence-corrected chi connectivity index (χ3v) is 3.67. The Morgan fingerprint density at radius 3 is 2.74 bits per heavy atom. The normalized spacial score (nSPS) is 16.3. The number of nitrogens with zero attached hydrogens (tertiary/aromatic N) is 2. The smallest absolute Gasteiger partial charge is 0.283 e. The number of benzene rings is 1. The number of anilines is 1. The van der Waals surface area contributed by atoms with Gasteiger partial charge in [-0.25, -0.2) is 4.98 Å². The van der Waals surface area contributed by atoms with Gasteiger partial charge < -0.3 is 5.21 Å². The molecule has 2 N–H and O–H groups in total. The molecule has 2 aromatic rings. The first-order chi connectivity index (χ1) is 9.38. The highest BCUT2D eigenvalue weighted by molar-refractivity contribution is 5.90. The van der Waals surface area contributed by atoms with Crippen LogP contribution in [0.1, 0.15) is 24.8 Å². The Morgan fingerprint density at radius 1 is 1.16 bits per heavy atom. The Labute approximate surface area is 112 Å². The number of aromatic amines is 1. The van der Waals surface area contributed by atoms with Crippen LogP contribution in [0, 0.1) is 0 Å². The molecule has 19 heavy (non-hydrogen) atoms. The van der Waals surface area contributed by atoms with Gasteiger partial charge in [-0.1, -0.05) is 23.4 Å². The van der Waals surface area contributed by atoms with Crippen molar-refractivity contribution >= 4 is 22.9 Å². The van der Waals surface area contributed by atoms with E-state index in [0.717, 1.165) is 35.4 Å². The number of hydrogen-bond acceptors (Lipinski definition) is 3. The molecule has 0 saturated carbocycles. The average Bonchev–Trinajstić information content (AvgIpc) is 2.48. The molecule has 0 atom stereocenters. The zero-order valence-electron chi connectivity index (χ0n) is 10.8. The number of aromatic nitrogens is 1. The predicted octanol–water partition coefficient (Wildman–Crippen LogP) is 2.45. The molecule has 0 bridgehead atoms. The van der Waals surface area contributed by atoms with Crippen molar-refractivity contribution in [2.24, 2.45) is 5.16 Å². The fraction of sp³-hybridized carbons (Fsp3) is 0.333. The van der Waals surface area contributed by atoms with E-state index in [2.05, 4.69) is 33.2 Å². The van der Waals surface area contributed by atoms with Crippen LogP contribution < -0.4 is 9.88 Å². The van der Waals surface area contributed by atoms with Crippen molar-refractivity contribution in [3.05, 3.63) is 35.9 Å². The average molecular weight is 256 g/mol. The number of hydrogen-bond donors (Lipinski definition) is 1. The van der Waals surface area contributed by atoms with Gasteiger partial charge in [0.1, 0.15) is 5.52 Å². The Morgan fingerprint density at radius 2 is 1.95 bits per heavy atom. The standard InChI is InChI=1S/C15H17N3O/c19-16-11-13-10-12-6-2-3-7-14(12)17-15(13)18-8-4-1-5-9-18/h2-3,6-7,10-11,19H,1,4-5,8-9H2/p+1. The fourth-order valence-electron chi connectivity index (χ4n) is 2.71. The molecule has 1 aromatic carbocycles. The molecular formula is C15H18N3O+. The van der Waals surface area contributed by atoms with Gasteiger partial charge in [0, 0.05) is 5.39 Å². The third-order valence-electron chi connectivity index (χ3n) is 3.67. The molecule has 1 aliphatic heterocycles. The molecule has 1 aliphatic rings. The van der Waals surface area contributed by atoms with Gasteiger partial charge >= 0.3 is 0 Å². The number of nitrogens with one attached hydrogen (secondary N) is 1. The first-order valence-corrected chi connectivity index (χ1v) is 6.76. The molecule has 0 radical (unpaired) electrons. The second kappa shape index (κ2) is 5.26. The van der Waals surface area contributed by atoms with E-state index in [1.54, 1.807) is 0 Å². The summed E-state index contributed by atoms with van der Waals surface area (Å²) in [5, 5.41) is 13.2. The maximum Gasteiger partial charge on any atom is 0.283 e. The summed E-state index contributed by atoms with van der Waals surface area (Å²) in [6, 6.07) is 10.2. The summed E-state index contributed by atoms with van der Waals surface area (Å²) in [6.45, 7) is 2.11. The summed E-state index contributed by atoms with van der Waals surface area (Å²) in [5.74, 6) is 1.05. The van der Waals surface area contributed by atoms with E-state index in [9.17, 15) is 0 Å². The van der Waals surface area contributed by atoms with Crippen LogP contribution in [0.25, 0.3) is 10.9 Å². The quantitative estimate of drug-likeness (QED) is 0.510. The van der Waals surface area contributed by atoms with Gasteiger partial charge in [0.25, 0.3) is 5.82 Å². The van der Waals surface area contributed by atoms with E-state index >= 15 is 0 Å². The van der Waals surface area contributed by atoms with Gasteiger partial charge in [0.15, 0.2) is 0 Å². The highest BCUT2D eigenvalue weighted by atomic mass is 16.4. The molecule has 0 spiro atoms. The Bertz CT molecular complexity index is 603. The first-order valence-electron chi connectivity index (χ1n) is 6.76. The Balaban J connectivity index is 2.11. The van der Waals surface area contributed by atoms with Gasteiger partial charge in [-0.3, -0.25) is 4.90 Å². The van der Waals surface area contributed by atoms with Crippen molar-refractivity contribution in [2.45, 2.75) is 19.3 Å². The molecule has 1 aromatic heterocycles. The number of oxime groups is 1. The molecule has 2 heterocycles. The lowest BCUT2D eigenvalue weighted by atomic mass is 10.1. The number of piperidine rings is 1. The third kappa shape index (κ3) is 2.38. The van der Waals surface area contributed by atoms with Crippen molar-refractivity contribution in [3.63, 3.8) is 0 Å². The molecule has 0 amide bonds. The Kier molecular flexibility index (Phi) is 3.31. The van der Waals surface area contributed by atoms with Crippen molar-refractivity contribution in [2.75, 3.05) is 18.0 Å². The van der Waals surface area contributed by atoms with Crippen molar-refractivity contribution < 1.29 is 10.2 Å². The molecule has 0 unspecified atom stereocenters. The summed E-state index contributed by atoms with van der Waals surface area (Å²) in [4.78, 5) is 5.81. The van der Waals surface area contributed by atoms with Gasteiger partial charge in [-0.2, -0.15) is 0 Å². The maximum atomic E-state index is 8.85. The number of para-hydroxylation sites is 1. The monoisotopic (exact) mass is 256 g/mol. The fourth-order valence-corrected chi connectivity index (χ4v) is 2.71. The van der Waals surface area contributed by atoms with Crippen molar-refractivity contribution in [1.82, 2.24) is 0 Å². The molecular weight excluding hydrogens is 238 g/mol. The highest BCUT2D eigenvalue weighted by Gasteiger charge is 2.22. The molecule has 3 rings (SSSR count). The predicted molar refractivity (Wildman–Crippen MR) is 75.9 cm³/mol. The number of rotatable bonds is 2. The largest absolute Gasteiger partial charge is 0.411 e. The minimum atomic E-state index is 0.933. The number of pyridine rings is 1. The molecule has 1 saturated heterocycles. The lowest BCUT2D eigenvalue weighted by Crippen LogP contribution is -2.35. The van der Waals surface area contributed by atoms with Crippen LogP contribution in [-0.4, -0.2) is 24.5 Å². The van der Waals surface area contributed by atoms with Gasteiger partial charge in [0.05, 0.1) is 24.9 Å². The zero-order chi connectivity index (χ0) is 13.1. The van der Waals surface area contributed by atoms with E-state index < -0.39 is 0 Å². The van der Waals surface area contributed by atoms with Crippen LogP contribution in [0.5, 0.6) is 0 Å². The lowest BCUT2D eigenvalue weighted by Gasteiger charge is -2.22. The molecule has 0 aliphatic carbocycles. The van der Waals surface area contributed by atoms with E-state index in [1.807, 2.05) is 12.1 Å². The van der Waals surface area contributed by atoms with Crippen LogP contribution in [0.3, 0.4) is 0 Å². The lowest BCUT2D eigenvalue weighted by molar-refractivity contribution is -0.330. The summed E-state index contributed by atoms with van der Waals surface area (Å²) >= 11 is 0. The van der Waals surface area contributed by atoms with E-state index in [0.29, 0.717) is 0 Å². The van der Waals surface area contributed by atoms with Crippen LogP contribution in [0.4, 0.5) is 5.82 Å². The minimum absolute atomic E-state index is 0.933.